The van der Waals surface area contributed by atoms with Crippen molar-refractivity contribution in [2.45, 2.75) is 12.5 Å². The average molecular weight is 317 g/mol. The number of hydrazine groups is 1. The quantitative estimate of drug-likeness (QED) is 0.660. The molecule has 0 aliphatic carbocycles. The Morgan fingerprint density at radius 2 is 1.70 bits per heavy atom. The number of rotatable bonds is 4. The molecule has 2 rings (SSSR count). The molecule has 6 heteroatoms. The zero-order valence-corrected chi connectivity index (χ0v) is 11.8. The van der Waals surface area contributed by atoms with Crippen molar-refractivity contribution in [1.82, 2.24) is 5.43 Å². The molecule has 106 valence electrons. The molecule has 0 aliphatic heterocycles. The fraction of sp³-hybridized carbons (Fsp3) is 0.143. The van der Waals surface area contributed by atoms with Crippen molar-refractivity contribution in [1.29, 1.82) is 0 Å². The molecule has 0 aliphatic rings. The second-order valence-corrected chi connectivity index (χ2v) is 5.08. The van der Waals surface area contributed by atoms with Crippen LogP contribution in [0.3, 0.4) is 0 Å². The summed E-state index contributed by atoms with van der Waals surface area (Å²) in [5.41, 5.74) is 3.00. The molecule has 2 nitrogen and oxygen atoms in total. The number of hydrogen-bond acceptors (Lipinski definition) is 2. The van der Waals surface area contributed by atoms with Gasteiger partial charge in [0.15, 0.2) is 0 Å². The minimum absolute atomic E-state index is 0.0117. The third kappa shape index (κ3) is 3.10. The van der Waals surface area contributed by atoms with Crippen LogP contribution < -0.4 is 11.3 Å². The highest BCUT2D eigenvalue weighted by Gasteiger charge is 2.19. The maximum atomic E-state index is 14.0. The van der Waals surface area contributed by atoms with Gasteiger partial charge in [0, 0.05) is 16.1 Å². The first-order valence-electron chi connectivity index (χ1n) is 5.87. The van der Waals surface area contributed by atoms with E-state index in [0.717, 1.165) is 0 Å². The average Bonchev–Trinajstić information content (AvgIpc) is 2.42. The maximum absolute atomic E-state index is 14.0. The van der Waals surface area contributed by atoms with Crippen molar-refractivity contribution in [3.8, 4) is 0 Å². The zero-order valence-electron chi connectivity index (χ0n) is 10.3. The van der Waals surface area contributed by atoms with E-state index in [2.05, 4.69) is 5.43 Å². The van der Waals surface area contributed by atoms with E-state index in [4.69, 9.17) is 29.0 Å². The van der Waals surface area contributed by atoms with Crippen LogP contribution in [0.25, 0.3) is 0 Å². The lowest BCUT2D eigenvalue weighted by molar-refractivity contribution is 0.499. The van der Waals surface area contributed by atoms with Crippen LogP contribution in [0.15, 0.2) is 36.4 Å². The summed E-state index contributed by atoms with van der Waals surface area (Å²) in [7, 11) is 0. The van der Waals surface area contributed by atoms with Crippen molar-refractivity contribution >= 4 is 23.2 Å². The van der Waals surface area contributed by atoms with Gasteiger partial charge in [-0.15, -0.1) is 0 Å². The van der Waals surface area contributed by atoms with Gasteiger partial charge in [-0.2, -0.15) is 0 Å². The van der Waals surface area contributed by atoms with Crippen LogP contribution in [-0.4, -0.2) is 0 Å². The zero-order chi connectivity index (χ0) is 14.7. The normalized spacial score (nSPS) is 12.4. The Balaban J connectivity index is 2.37. The van der Waals surface area contributed by atoms with Crippen molar-refractivity contribution in [2.75, 3.05) is 0 Å². The van der Waals surface area contributed by atoms with Crippen LogP contribution in [0.4, 0.5) is 8.78 Å². The fourth-order valence-corrected chi connectivity index (χ4v) is 2.40. The summed E-state index contributed by atoms with van der Waals surface area (Å²) in [5.74, 6) is 4.41. The van der Waals surface area contributed by atoms with Gasteiger partial charge in [-0.1, -0.05) is 41.4 Å². The van der Waals surface area contributed by atoms with E-state index in [1.165, 1.54) is 18.2 Å². The standard InChI is InChI=1S/C14H12Cl2F2N2/c15-10-4-2-6-12(17)9(10)7-13(20-19)8-3-1-5-11(16)14(8)18/h1-6,13,20H,7,19H2. The van der Waals surface area contributed by atoms with Gasteiger partial charge in [-0.25, -0.2) is 8.78 Å². The smallest absolute Gasteiger partial charge is 0.146 e. The summed E-state index contributed by atoms with van der Waals surface area (Å²) in [6, 6.07) is 8.32. The molecule has 0 radical (unpaired) electrons. The first-order valence-corrected chi connectivity index (χ1v) is 6.63. The number of nitrogens with one attached hydrogen (secondary N) is 1. The van der Waals surface area contributed by atoms with Crippen molar-refractivity contribution < 1.29 is 8.78 Å². The number of hydrogen-bond donors (Lipinski definition) is 2. The van der Waals surface area contributed by atoms with E-state index >= 15 is 0 Å². The summed E-state index contributed by atoms with van der Waals surface area (Å²) in [6.45, 7) is 0. The SMILES string of the molecule is NNC(Cc1c(F)cccc1Cl)c1cccc(Cl)c1F. The minimum atomic E-state index is -0.636. The van der Waals surface area contributed by atoms with Gasteiger partial charge in [0.2, 0.25) is 0 Å². The molecule has 1 atom stereocenters. The molecule has 0 amide bonds. The second kappa shape index (κ2) is 6.50. The molecule has 0 saturated carbocycles. The minimum Gasteiger partial charge on any atom is -0.271 e. The molecular weight excluding hydrogens is 305 g/mol. The molecule has 2 aromatic carbocycles. The van der Waals surface area contributed by atoms with E-state index < -0.39 is 17.7 Å². The second-order valence-electron chi connectivity index (χ2n) is 4.27. The van der Waals surface area contributed by atoms with Crippen LogP contribution >= 0.6 is 23.2 Å². The highest BCUT2D eigenvalue weighted by molar-refractivity contribution is 6.31. The highest BCUT2D eigenvalue weighted by Crippen LogP contribution is 2.28. The Kier molecular flexibility index (Phi) is 4.94. The lowest BCUT2D eigenvalue weighted by atomic mass is 9.98. The Morgan fingerprint density at radius 1 is 1.05 bits per heavy atom. The van der Waals surface area contributed by atoms with Crippen LogP contribution in [-0.2, 0) is 6.42 Å². The maximum Gasteiger partial charge on any atom is 0.146 e. The van der Waals surface area contributed by atoms with Gasteiger partial charge >= 0.3 is 0 Å². The molecule has 0 bridgehead atoms. The van der Waals surface area contributed by atoms with E-state index in [0.29, 0.717) is 0 Å². The van der Waals surface area contributed by atoms with Gasteiger partial charge < -0.3 is 0 Å². The molecule has 20 heavy (non-hydrogen) atoms. The van der Waals surface area contributed by atoms with E-state index in [-0.39, 0.29) is 27.6 Å². The van der Waals surface area contributed by atoms with Gasteiger partial charge in [-0.3, -0.25) is 11.3 Å². The fourth-order valence-electron chi connectivity index (χ4n) is 1.98. The molecule has 0 spiro atoms. The third-order valence-corrected chi connectivity index (χ3v) is 3.67. The molecular formula is C14H12Cl2F2N2. The Bertz CT molecular complexity index is 600. The lowest BCUT2D eigenvalue weighted by Crippen LogP contribution is -2.30. The summed E-state index contributed by atoms with van der Waals surface area (Å²) in [5, 5.41) is 0.259. The molecule has 0 fully saturated rings. The van der Waals surface area contributed by atoms with Crippen LogP contribution in [0.5, 0.6) is 0 Å². The molecule has 2 aromatic rings. The van der Waals surface area contributed by atoms with Crippen molar-refractivity contribution in [3.05, 3.63) is 69.2 Å². The third-order valence-electron chi connectivity index (χ3n) is 3.03. The van der Waals surface area contributed by atoms with Crippen molar-refractivity contribution in [3.63, 3.8) is 0 Å². The van der Waals surface area contributed by atoms with E-state index in [1.807, 2.05) is 0 Å². The first-order chi connectivity index (χ1) is 9.54. The lowest BCUT2D eigenvalue weighted by Gasteiger charge is -2.18. The van der Waals surface area contributed by atoms with Crippen molar-refractivity contribution in [2.24, 2.45) is 5.84 Å². The summed E-state index contributed by atoms with van der Waals surface area (Å²) >= 11 is 11.7. The number of nitrogens with two attached hydrogens (primary N) is 1. The Hall–Kier alpha value is -1.20. The van der Waals surface area contributed by atoms with Gasteiger partial charge in [0.05, 0.1) is 11.1 Å². The topological polar surface area (TPSA) is 38.0 Å². The predicted molar refractivity (Wildman–Crippen MR) is 76.6 cm³/mol. The summed E-state index contributed by atoms with van der Waals surface area (Å²) < 4.78 is 27.8. The summed E-state index contributed by atoms with van der Waals surface area (Å²) in [6.07, 6.45) is 0.110. The van der Waals surface area contributed by atoms with Gasteiger partial charge in [-0.05, 0) is 24.6 Å². The summed E-state index contributed by atoms with van der Waals surface area (Å²) in [4.78, 5) is 0. The van der Waals surface area contributed by atoms with Gasteiger partial charge in [0.1, 0.15) is 11.6 Å². The highest BCUT2D eigenvalue weighted by atomic mass is 35.5. The first kappa shape index (κ1) is 15.2. The van der Waals surface area contributed by atoms with Gasteiger partial charge in [0.25, 0.3) is 0 Å². The Labute approximate surface area is 125 Å². The largest absolute Gasteiger partial charge is 0.271 e. The van der Waals surface area contributed by atoms with Crippen LogP contribution in [0.2, 0.25) is 10.0 Å². The molecule has 3 N–H and O–H groups in total. The Morgan fingerprint density at radius 3 is 2.35 bits per heavy atom. The van der Waals surface area contributed by atoms with Crippen LogP contribution in [0, 0.1) is 11.6 Å². The molecule has 0 saturated heterocycles. The number of benzene rings is 2. The van der Waals surface area contributed by atoms with E-state index in [9.17, 15) is 8.78 Å². The predicted octanol–water partition coefficient (Wildman–Crippen LogP) is 4.02. The molecule has 0 heterocycles. The number of halogens is 4. The monoisotopic (exact) mass is 316 g/mol. The molecule has 1 unspecified atom stereocenters. The van der Waals surface area contributed by atoms with Crippen LogP contribution in [0.1, 0.15) is 17.2 Å². The van der Waals surface area contributed by atoms with E-state index in [1.54, 1.807) is 18.2 Å². The molecule has 0 aromatic heterocycles.